The van der Waals surface area contributed by atoms with E-state index < -0.39 is 11.6 Å². The van der Waals surface area contributed by atoms with Crippen LogP contribution in [0.5, 0.6) is 0 Å². The largest absolute Gasteiger partial charge is 0.357 e. The molecule has 1 aromatic rings. The van der Waals surface area contributed by atoms with Crippen molar-refractivity contribution in [2.45, 2.75) is 33.1 Å². The van der Waals surface area contributed by atoms with Crippen molar-refractivity contribution in [1.82, 2.24) is 10.6 Å². The van der Waals surface area contributed by atoms with Crippen LogP contribution < -0.4 is 10.6 Å². The zero-order chi connectivity index (χ0) is 14.8. The summed E-state index contributed by atoms with van der Waals surface area (Å²) in [6.45, 7) is 6.03. The zero-order valence-electron chi connectivity index (χ0n) is 12.2. The SMILES string of the molecule is CCCCN=C(NCC)NCCc1c(F)cccc1F. The number of rotatable bonds is 7. The highest BCUT2D eigenvalue weighted by molar-refractivity contribution is 5.79. The molecule has 0 aliphatic rings. The van der Waals surface area contributed by atoms with E-state index in [0.717, 1.165) is 25.9 Å². The fraction of sp³-hybridized carbons (Fsp3) is 0.533. The molecular formula is C15H23F2N3. The highest BCUT2D eigenvalue weighted by Crippen LogP contribution is 2.11. The van der Waals surface area contributed by atoms with Crippen LogP contribution in [0.2, 0.25) is 0 Å². The molecule has 3 nitrogen and oxygen atoms in total. The predicted molar refractivity (Wildman–Crippen MR) is 79.0 cm³/mol. The third kappa shape index (κ3) is 5.55. The Hall–Kier alpha value is -1.65. The van der Waals surface area contributed by atoms with E-state index in [9.17, 15) is 8.78 Å². The molecule has 20 heavy (non-hydrogen) atoms. The average Bonchev–Trinajstić information content (AvgIpc) is 2.42. The summed E-state index contributed by atoms with van der Waals surface area (Å²) in [4.78, 5) is 4.39. The summed E-state index contributed by atoms with van der Waals surface area (Å²) >= 11 is 0. The standard InChI is InChI=1S/C15H23F2N3/c1-3-5-10-19-15(18-4-2)20-11-9-12-13(16)7-6-8-14(12)17/h6-8H,3-5,9-11H2,1-2H3,(H2,18,19,20). The van der Waals surface area contributed by atoms with Gasteiger partial charge in [0.15, 0.2) is 5.96 Å². The molecule has 0 atom stereocenters. The van der Waals surface area contributed by atoms with Crippen LogP contribution >= 0.6 is 0 Å². The number of aliphatic imine (C=N–C) groups is 1. The summed E-state index contributed by atoms with van der Waals surface area (Å²) in [5.74, 6) is -0.308. The van der Waals surface area contributed by atoms with Crippen LogP contribution in [0, 0.1) is 11.6 Å². The Morgan fingerprint density at radius 1 is 1.15 bits per heavy atom. The van der Waals surface area contributed by atoms with Gasteiger partial charge in [0.2, 0.25) is 0 Å². The minimum atomic E-state index is -0.500. The van der Waals surface area contributed by atoms with Crippen molar-refractivity contribution in [3.63, 3.8) is 0 Å². The van der Waals surface area contributed by atoms with Gasteiger partial charge in [-0.05, 0) is 31.9 Å². The van der Waals surface area contributed by atoms with E-state index in [2.05, 4.69) is 22.5 Å². The van der Waals surface area contributed by atoms with E-state index >= 15 is 0 Å². The lowest BCUT2D eigenvalue weighted by molar-refractivity contribution is 0.553. The molecule has 112 valence electrons. The molecule has 1 aromatic carbocycles. The zero-order valence-corrected chi connectivity index (χ0v) is 12.2. The topological polar surface area (TPSA) is 36.4 Å². The molecule has 0 fully saturated rings. The van der Waals surface area contributed by atoms with Crippen LogP contribution in [-0.2, 0) is 6.42 Å². The van der Waals surface area contributed by atoms with E-state index in [0.29, 0.717) is 12.5 Å². The van der Waals surface area contributed by atoms with Gasteiger partial charge in [-0.2, -0.15) is 0 Å². The van der Waals surface area contributed by atoms with E-state index in [-0.39, 0.29) is 12.0 Å². The first kappa shape index (κ1) is 16.4. The summed E-state index contributed by atoms with van der Waals surface area (Å²) < 4.78 is 26.9. The van der Waals surface area contributed by atoms with Crippen LogP contribution in [0.15, 0.2) is 23.2 Å². The molecule has 0 heterocycles. The van der Waals surface area contributed by atoms with Crippen LogP contribution in [0.4, 0.5) is 8.78 Å². The second kappa shape index (κ2) is 9.28. The second-order valence-corrected chi connectivity index (χ2v) is 4.49. The van der Waals surface area contributed by atoms with E-state index in [1.807, 2.05) is 6.92 Å². The molecule has 0 spiro atoms. The number of nitrogens with one attached hydrogen (secondary N) is 2. The summed E-state index contributed by atoms with van der Waals surface area (Å²) in [7, 11) is 0. The van der Waals surface area contributed by atoms with Crippen molar-refractivity contribution in [2.75, 3.05) is 19.6 Å². The van der Waals surface area contributed by atoms with Gasteiger partial charge in [-0.1, -0.05) is 19.4 Å². The fourth-order valence-corrected chi connectivity index (χ4v) is 1.77. The maximum atomic E-state index is 13.5. The number of guanidine groups is 1. The molecular weight excluding hydrogens is 260 g/mol. The van der Waals surface area contributed by atoms with Crippen LogP contribution in [-0.4, -0.2) is 25.6 Å². The van der Waals surface area contributed by atoms with Gasteiger partial charge in [0, 0.05) is 25.2 Å². The van der Waals surface area contributed by atoms with Crippen LogP contribution in [0.3, 0.4) is 0 Å². The van der Waals surface area contributed by atoms with Crippen molar-refractivity contribution >= 4 is 5.96 Å². The molecule has 5 heteroatoms. The van der Waals surface area contributed by atoms with E-state index in [1.54, 1.807) is 0 Å². The fourth-order valence-electron chi connectivity index (χ4n) is 1.77. The number of unbranched alkanes of at least 4 members (excludes halogenated alkanes) is 1. The van der Waals surface area contributed by atoms with Gasteiger partial charge in [0.05, 0.1) is 0 Å². The monoisotopic (exact) mass is 283 g/mol. The lowest BCUT2D eigenvalue weighted by Crippen LogP contribution is -2.38. The van der Waals surface area contributed by atoms with E-state index in [4.69, 9.17) is 0 Å². The highest BCUT2D eigenvalue weighted by atomic mass is 19.1. The van der Waals surface area contributed by atoms with Gasteiger partial charge in [0.25, 0.3) is 0 Å². The van der Waals surface area contributed by atoms with Gasteiger partial charge in [-0.15, -0.1) is 0 Å². The number of benzene rings is 1. The smallest absolute Gasteiger partial charge is 0.191 e. The van der Waals surface area contributed by atoms with Crippen molar-refractivity contribution < 1.29 is 8.78 Å². The average molecular weight is 283 g/mol. The maximum Gasteiger partial charge on any atom is 0.191 e. The lowest BCUT2D eigenvalue weighted by Gasteiger charge is -2.11. The third-order valence-corrected chi connectivity index (χ3v) is 2.85. The number of halogens is 2. The maximum absolute atomic E-state index is 13.5. The Balaban J connectivity index is 2.49. The van der Waals surface area contributed by atoms with Gasteiger partial charge in [0.1, 0.15) is 11.6 Å². The first-order valence-corrected chi connectivity index (χ1v) is 7.14. The second-order valence-electron chi connectivity index (χ2n) is 4.49. The molecule has 1 rings (SSSR count). The normalized spacial score (nSPS) is 11.5. The molecule has 0 aliphatic carbocycles. The van der Waals surface area contributed by atoms with Crippen molar-refractivity contribution in [3.05, 3.63) is 35.4 Å². The van der Waals surface area contributed by atoms with Gasteiger partial charge in [-0.3, -0.25) is 4.99 Å². The van der Waals surface area contributed by atoms with Crippen molar-refractivity contribution in [3.8, 4) is 0 Å². The molecule has 0 amide bonds. The lowest BCUT2D eigenvalue weighted by atomic mass is 10.1. The first-order chi connectivity index (χ1) is 9.69. The Kier molecular flexibility index (Phi) is 7.62. The quantitative estimate of drug-likeness (QED) is 0.458. The Bertz CT molecular complexity index is 413. The minimum Gasteiger partial charge on any atom is -0.357 e. The van der Waals surface area contributed by atoms with Crippen LogP contribution in [0.1, 0.15) is 32.3 Å². The Labute approximate surface area is 119 Å². The molecule has 0 bridgehead atoms. The molecule has 0 saturated heterocycles. The highest BCUT2D eigenvalue weighted by Gasteiger charge is 2.07. The summed E-state index contributed by atoms with van der Waals surface area (Å²) in [5, 5.41) is 6.20. The molecule has 0 unspecified atom stereocenters. The van der Waals surface area contributed by atoms with E-state index in [1.165, 1.54) is 18.2 Å². The molecule has 0 aliphatic heterocycles. The summed E-state index contributed by atoms with van der Waals surface area (Å²) in [6.07, 6.45) is 2.40. The van der Waals surface area contributed by atoms with Crippen LogP contribution in [0.25, 0.3) is 0 Å². The Morgan fingerprint density at radius 3 is 2.45 bits per heavy atom. The van der Waals surface area contributed by atoms with Crippen molar-refractivity contribution in [2.24, 2.45) is 4.99 Å². The van der Waals surface area contributed by atoms with Crippen molar-refractivity contribution in [1.29, 1.82) is 0 Å². The molecule has 0 saturated carbocycles. The molecule has 0 aromatic heterocycles. The molecule has 0 radical (unpaired) electrons. The number of nitrogens with zero attached hydrogens (tertiary/aromatic N) is 1. The minimum absolute atomic E-state index is 0.115. The Morgan fingerprint density at radius 2 is 1.85 bits per heavy atom. The van der Waals surface area contributed by atoms with Gasteiger partial charge >= 0.3 is 0 Å². The first-order valence-electron chi connectivity index (χ1n) is 7.14. The predicted octanol–water partition coefficient (Wildman–Crippen LogP) is 2.86. The number of hydrogen-bond donors (Lipinski definition) is 2. The van der Waals surface area contributed by atoms with Gasteiger partial charge in [-0.25, -0.2) is 8.78 Å². The van der Waals surface area contributed by atoms with Gasteiger partial charge < -0.3 is 10.6 Å². The molecule has 2 N–H and O–H groups in total. The third-order valence-electron chi connectivity index (χ3n) is 2.85. The number of hydrogen-bond acceptors (Lipinski definition) is 1. The summed E-state index contributed by atoms with van der Waals surface area (Å²) in [5.41, 5.74) is 0.115. The summed E-state index contributed by atoms with van der Waals surface area (Å²) in [6, 6.07) is 3.93.